The van der Waals surface area contributed by atoms with E-state index in [1.54, 1.807) is 30.5 Å². The van der Waals surface area contributed by atoms with Crippen LogP contribution in [0.5, 0.6) is 5.75 Å². The molecule has 2 aromatic heterocycles. The van der Waals surface area contributed by atoms with Gasteiger partial charge < -0.3 is 4.74 Å². The van der Waals surface area contributed by atoms with E-state index in [0.29, 0.717) is 5.02 Å². The number of rotatable bonds is 6. The smallest absolute Gasteiger partial charge is 0.310 e. The van der Waals surface area contributed by atoms with Crippen molar-refractivity contribution in [2.45, 2.75) is 18.2 Å². The Kier molecular flexibility index (Phi) is 5.65. The van der Waals surface area contributed by atoms with E-state index in [4.69, 9.17) is 16.3 Å². The Bertz CT molecular complexity index is 1390. The van der Waals surface area contributed by atoms with Crippen molar-refractivity contribution in [2.75, 3.05) is 0 Å². The van der Waals surface area contributed by atoms with Crippen molar-refractivity contribution in [3.05, 3.63) is 75.8 Å². The molecule has 158 valence electrons. The highest BCUT2D eigenvalue weighted by Crippen LogP contribution is 2.39. The molecule has 31 heavy (non-hydrogen) atoms. The Morgan fingerprint density at radius 2 is 1.90 bits per heavy atom. The van der Waals surface area contributed by atoms with Gasteiger partial charge in [0.1, 0.15) is 0 Å². The minimum atomic E-state index is -4.23. The molecule has 10 heteroatoms. The molecule has 0 aliphatic carbocycles. The first-order valence-electron chi connectivity index (χ1n) is 9.14. The summed E-state index contributed by atoms with van der Waals surface area (Å²) in [4.78, 5) is 29.5. The Hall–Kier alpha value is -3.01. The number of carbonyl (C=O) groups is 2. The second kappa shape index (κ2) is 8.26. The van der Waals surface area contributed by atoms with Gasteiger partial charge in [-0.25, -0.2) is 17.4 Å². The van der Waals surface area contributed by atoms with Crippen LogP contribution in [-0.2, 0) is 14.8 Å². The van der Waals surface area contributed by atoms with Gasteiger partial charge in [-0.05, 0) is 30.3 Å². The van der Waals surface area contributed by atoms with Gasteiger partial charge >= 0.3 is 5.97 Å². The number of halogens is 1. The third kappa shape index (κ3) is 3.76. The van der Waals surface area contributed by atoms with Crippen LogP contribution in [0.25, 0.3) is 10.9 Å². The Balaban J connectivity index is 2.12. The van der Waals surface area contributed by atoms with Crippen molar-refractivity contribution < 1.29 is 22.7 Å². The number of hydrogen-bond donors (Lipinski definition) is 0. The Morgan fingerprint density at radius 3 is 2.55 bits per heavy atom. The van der Waals surface area contributed by atoms with Crippen molar-refractivity contribution in [2.24, 2.45) is 0 Å². The van der Waals surface area contributed by atoms with Crippen LogP contribution in [0.15, 0.2) is 65.0 Å². The molecule has 0 unspecified atom stereocenters. The molecule has 2 aromatic carbocycles. The van der Waals surface area contributed by atoms with Gasteiger partial charge in [-0.15, -0.1) is 11.3 Å². The summed E-state index contributed by atoms with van der Waals surface area (Å²) in [5.74, 6) is -1.46. The van der Waals surface area contributed by atoms with Crippen LogP contribution in [0.1, 0.15) is 28.8 Å². The molecule has 0 saturated heterocycles. The third-order valence-corrected chi connectivity index (χ3v) is 7.20. The molecule has 0 saturated carbocycles. The van der Waals surface area contributed by atoms with Crippen LogP contribution in [0.2, 0.25) is 5.02 Å². The molecule has 0 radical (unpaired) electrons. The first-order chi connectivity index (χ1) is 14.8. The van der Waals surface area contributed by atoms with Crippen LogP contribution in [-0.4, -0.2) is 29.1 Å². The average Bonchev–Trinajstić information content (AvgIpc) is 3.41. The zero-order valence-corrected chi connectivity index (χ0v) is 18.5. The van der Waals surface area contributed by atoms with Crippen LogP contribution in [0.4, 0.5) is 0 Å². The number of carbonyl (C=O) groups excluding carboxylic acids is 2. The molecule has 4 rings (SSSR count). The molecular weight excluding hydrogens is 460 g/mol. The number of hydrogen-bond acceptors (Lipinski definition) is 7. The monoisotopic (exact) mass is 474 g/mol. The van der Waals surface area contributed by atoms with Gasteiger partial charge in [0, 0.05) is 28.4 Å². The molecule has 4 aromatic rings. The maximum atomic E-state index is 13.6. The van der Waals surface area contributed by atoms with Crippen molar-refractivity contribution in [3.63, 3.8) is 0 Å². The van der Waals surface area contributed by atoms with Gasteiger partial charge in [-0.1, -0.05) is 36.7 Å². The summed E-state index contributed by atoms with van der Waals surface area (Å²) in [5, 5.41) is 2.19. The second-order valence-corrected chi connectivity index (χ2v) is 9.53. The van der Waals surface area contributed by atoms with Crippen LogP contribution < -0.4 is 4.74 Å². The number of benzene rings is 2. The molecule has 0 aliphatic rings. The fourth-order valence-electron chi connectivity index (χ4n) is 3.08. The van der Waals surface area contributed by atoms with Crippen LogP contribution in [0, 0.1) is 0 Å². The van der Waals surface area contributed by atoms with E-state index < -0.39 is 21.8 Å². The lowest BCUT2D eigenvalue weighted by Gasteiger charge is -2.11. The number of fused-ring (bicyclic) bond motifs is 1. The minimum absolute atomic E-state index is 0.0246. The maximum Gasteiger partial charge on any atom is 0.310 e. The van der Waals surface area contributed by atoms with Gasteiger partial charge in [-0.3, -0.25) is 9.59 Å². The fraction of sp³-hybridized carbons (Fsp3) is 0.0952. The maximum absolute atomic E-state index is 13.6. The summed E-state index contributed by atoms with van der Waals surface area (Å²) in [5.41, 5.74) is -0.148. The summed E-state index contributed by atoms with van der Waals surface area (Å²) in [6.07, 6.45) is 1.47. The molecule has 7 nitrogen and oxygen atoms in total. The highest BCUT2D eigenvalue weighted by molar-refractivity contribution is 7.90. The summed E-state index contributed by atoms with van der Waals surface area (Å²) in [7, 11) is -4.23. The molecule has 0 bridgehead atoms. The molecular formula is C21H15ClN2O5S2. The van der Waals surface area contributed by atoms with Gasteiger partial charge in [-0.2, -0.15) is 0 Å². The topological polar surface area (TPSA) is 95.3 Å². The quantitative estimate of drug-likeness (QED) is 0.301. The number of ketones is 1. The molecule has 0 fully saturated rings. The lowest BCUT2D eigenvalue weighted by molar-refractivity contribution is -0.133. The largest absolute Gasteiger partial charge is 0.423 e. The lowest BCUT2D eigenvalue weighted by atomic mass is 10.2. The number of esters is 1. The SMILES string of the molecule is CCC(=O)Oc1c(C(=O)c2nccs2)n(S(=O)(=O)c2ccccc2)c2ccc(Cl)cc12. The van der Waals surface area contributed by atoms with Crippen LogP contribution >= 0.6 is 22.9 Å². The highest BCUT2D eigenvalue weighted by atomic mass is 35.5. The zero-order chi connectivity index (χ0) is 22.2. The van der Waals surface area contributed by atoms with E-state index in [1.165, 1.54) is 36.5 Å². The van der Waals surface area contributed by atoms with Gasteiger partial charge in [0.25, 0.3) is 10.0 Å². The molecule has 0 aliphatic heterocycles. The van der Waals surface area contributed by atoms with Gasteiger partial charge in [0.2, 0.25) is 5.78 Å². The van der Waals surface area contributed by atoms with Crippen LogP contribution in [0.3, 0.4) is 0 Å². The van der Waals surface area contributed by atoms with Crippen molar-refractivity contribution in [3.8, 4) is 5.75 Å². The second-order valence-electron chi connectivity index (χ2n) is 6.42. The van der Waals surface area contributed by atoms with E-state index >= 15 is 0 Å². The first kappa shape index (κ1) is 21.2. The molecule has 0 N–H and O–H groups in total. The highest BCUT2D eigenvalue weighted by Gasteiger charge is 2.34. The molecule has 0 amide bonds. The van der Waals surface area contributed by atoms with E-state index in [-0.39, 0.29) is 38.7 Å². The predicted octanol–water partition coefficient (Wildman–Crippen LogP) is 4.53. The van der Waals surface area contributed by atoms with Gasteiger partial charge in [0.15, 0.2) is 16.5 Å². The fourth-order valence-corrected chi connectivity index (χ4v) is 5.36. The number of aromatic nitrogens is 2. The van der Waals surface area contributed by atoms with Crippen molar-refractivity contribution >= 4 is 55.6 Å². The van der Waals surface area contributed by atoms with Crippen molar-refractivity contribution in [1.82, 2.24) is 8.96 Å². The molecule has 0 spiro atoms. The van der Waals surface area contributed by atoms with Crippen molar-refractivity contribution in [1.29, 1.82) is 0 Å². The Labute approximate surface area is 186 Å². The summed E-state index contributed by atoms with van der Waals surface area (Å²) in [6.45, 7) is 1.59. The van der Waals surface area contributed by atoms with E-state index in [1.807, 2.05) is 0 Å². The molecule has 2 heterocycles. The van der Waals surface area contributed by atoms with E-state index in [0.717, 1.165) is 15.3 Å². The molecule has 0 atom stereocenters. The predicted molar refractivity (Wildman–Crippen MR) is 117 cm³/mol. The zero-order valence-electron chi connectivity index (χ0n) is 16.1. The minimum Gasteiger partial charge on any atom is -0.423 e. The third-order valence-electron chi connectivity index (χ3n) is 4.47. The summed E-state index contributed by atoms with van der Waals surface area (Å²) < 4.78 is 33.6. The number of ether oxygens (including phenoxy) is 1. The lowest BCUT2D eigenvalue weighted by Crippen LogP contribution is -2.20. The Morgan fingerprint density at radius 1 is 1.16 bits per heavy atom. The normalized spacial score (nSPS) is 11.5. The first-order valence-corrected chi connectivity index (χ1v) is 11.8. The number of thiazole rings is 1. The average molecular weight is 475 g/mol. The summed E-state index contributed by atoms with van der Waals surface area (Å²) in [6, 6.07) is 12.1. The van der Waals surface area contributed by atoms with E-state index in [2.05, 4.69) is 4.98 Å². The standard InChI is InChI=1S/C21H15ClN2O5S2/c1-2-17(25)29-20-15-12-13(22)8-9-16(15)24(18(20)19(26)21-23-10-11-30-21)31(27,28)14-6-4-3-5-7-14/h3-12H,2H2,1H3. The van der Waals surface area contributed by atoms with E-state index in [9.17, 15) is 18.0 Å². The number of nitrogens with zero attached hydrogens (tertiary/aromatic N) is 2. The summed E-state index contributed by atoms with van der Waals surface area (Å²) >= 11 is 7.19. The van der Waals surface area contributed by atoms with Gasteiger partial charge in [0.05, 0.1) is 10.4 Å².